The minimum Gasteiger partial charge on any atom is -0.504 e. The Hall–Kier alpha value is -2.72. The fourth-order valence-corrected chi connectivity index (χ4v) is 4.34. The summed E-state index contributed by atoms with van der Waals surface area (Å²) in [5, 5.41) is 37.1. The Morgan fingerprint density at radius 2 is 2.00 bits per heavy atom. The molecular formula is C16H15NO8S. The number of β-lactam (4-membered cyclic amide) rings is 1. The van der Waals surface area contributed by atoms with E-state index in [4.69, 9.17) is 4.74 Å². The Bertz CT molecular complexity index is 834. The molecule has 1 aromatic carbocycles. The number of fused-ring (bicyclic) bond motifs is 1. The number of carbonyl (C=O) groups is 3. The van der Waals surface area contributed by atoms with Gasteiger partial charge in [-0.25, -0.2) is 9.59 Å². The fraction of sp³-hybridized carbons (Fsp3) is 0.312. The van der Waals surface area contributed by atoms with Crippen molar-refractivity contribution in [2.75, 3.05) is 6.61 Å². The van der Waals surface area contributed by atoms with Crippen LogP contribution in [0.15, 0.2) is 28.8 Å². The zero-order valence-electron chi connectivity index (χ0n) is 13.4. The predicted molar refractivity (Wildman–Crippen MR) is 88.1 cm³/mol. The highest BCUT2D eigenvalue weighted by Gasteiger charge is 2.57. The van der Waals surface area contributed by atoms with Crippen LogP contribution >= 0.6 is 11.8 Å². The Morgan fingerprint density at radius 3 is 2.58 bits per heavy atom. The van der Waals surface area contributed by atoms with Crippen LogP contribution < -0.4 is 0 Å². The standard InChI is InChI=1S/C16H15NO8S/c1-6(18)11-13(21)17-12(15(22)23)10(26-14(11)17)5-25-16(24)7-2-3-8(19)9(20)4-7/h2-4,6,11,14,18-20H,5H2,1H3,(H,22,23)/t6-,11+,14-/m1/s1. The minimum absolute atomic E-state index is 0.0259. The zero-order chi connectivity index (χ0) is 19.2. The van der Waals surface area contributed by atoms with E-state index in [1.165, 1.54) is 13.0 Å². The van der Waals surface area contributed by atoms with Gasteiger partial charge >= 0.3 is 11.9 Å². The van der Waals surface area contributed by atoms with Crippen molar-refractivity contribution in [2.24, 2.45) is 5.92 Å². The number of amides is 1. The monoisotopic (exact) mass is 381 g/mol. The van der Waals surface area contributed by atoms with Crippen LogP contribution in [0, 0.1) is 5.92 Å². The topological polar surface area (TPSA) is 145 Å². The molecule has 1 fully saturated rings. The van der Waals surface area contributed by atoms with Crippen molar-refractivity contribution in [3.8, 4) is 11.5 Å². The van der Waals surface area contributed by atoms with Gasteiger partial charge in [-0.2, -0.15) is 0 Å². The van der Waals surface area contributed by atoms with Crippen molar-refractivity contribution in [3.05, 3.63) is 34.4 Å². The summed E-state index contributed by atoms with van der Waals surface area (Å²) in [7, 11) is 0. The Labute approximate surface area is 151 Å². The maximum atomic E-state index is 12.1. The zero-order valence-corrected chi connectivity index (χ0v) is 14.3. The number of benzene rings is 1. The molecule has 0 saturated carbocycles. The van der Waals surface area contributed by atoms with E-state index in [9.17, 15) is 34.8 Å². The van der Waals surface area contributed by atoms with Gasteiger partial charge in [0.25, 0.3) is 0 Å². The molecule has 2 aliphatic rings. The van der Waals surface area contributed by atoms with Gasteiger partial charge in [-0.3, -0.25) is 9.69 Å². The third-order valence-electron chi connectivity index (χ3n) is 4.12. The molecule has 0 bridgehead atoms. The number of aromatic hydroxyl groups is 2. The molecule has 10 heteroatoms. The lowest BCUT2D eigenvalue weighted by Crippen LogP contribution is -2.60. The Kier molecular flexibility index (Phi) is 4.55. The first-order valence-corrected chi connectivity index (χ1v) is 8.43. The van der Waals surface area contributed by atoms with E-state index in [-0.39, 0.29) is 22.8 Å². The first kappa shape index (κ1) is 18.1. The van der Waals surface area contributed by atoms with Crippen LogP contribution in [-0.2, 0) is 14.3 Å². The normalized spacial score (nSPS) is 22.7. The maximum absolute atomic E-state index is 12.1. The quantitative estimate of drug-likeness (QED) is 0.325. The number of carbonyl (C=O) groups excluding carboxylic acids is 2. The highest BCUT2D eigenvalue weighted by molar-refractivity contribution is 8.04. The lowest BCUT2D eigenvalue weighted by Gasteiger charge is -2.43. The largest absolute Gasteiger partial charge is 0.504 e. The van der Waals surface area contributed by atoms with E-state index in [2.05, 4.69) is 0 Å². The molecule has 3 atom stereocenters. The number of aliphatic carboxylic acids is 1. The fourth-order valence-electron chi connectivity index (χ4n) is 2.82. The summed E-state index contributed by atoms with van der Waals surface area (Å²) < 4.78 is 5.07. The molecule has 3 rings (SSSR count). The van der Waals surface area contributed by atoms with E-state index >= 15 is 0 Å². The van der Waals surface area contributed by atoms with Gasteiger partial charge in [-0.15, -0.1) is 0 Å². The van der Waals surface area contributed by atoms with Gasteiger partial charge in [0.05, 0.1) is 22.5 Å². The lowest BCUT2D eigenvalue weighted by molar-refractivity contribution is -0.156. The summed E-state index contributed by atoms with van der Waals surface area (Å²) in [6, 6.07) is 3.38. The first-order valence-electron chi connectivity index (χ1n) is 7.55. The molecule has 2 heterocycles. The van der Waals surface area contributed by atoms with Crippen LogP contribution in [-0.4, -0.2) is 61.3 Å². The molecule has 26 heavy (non-hydrogen) atoms. The minimum atomic E-state index is -1.33. The van der Waals surface area contributed by atoms with Crippen LogP contribution in [0.1, 0.15) is 17.3 Å². The average molecular weight is 381 g/mol. The third kappa shape index (κ3) is 2.86. The van der Waals surface area contributed by atoms with Crippen molar-refractivity contribution in [2.45, 2.75) is 18.4 Å². The van der Waals surface area contributed by atoms with Gasteiger partial charge in [-0.05, 0) is 25.1 Å². The number of carboxylic acids is 1. The number of thioether (sulfide) groups is 1. The van der Waals surface area contributed by atoms with Crippen molar-refractivity contribution in [3.63, 3.8) is 0 Å². The van der Waals surface area contributed by atoms with Gasteiger partial charge in [-0.1, -0.05) is 11.8 Å². The van der Waals surface area contributed by atoms with E-state index < -0.39 is 46.7 Å². The van der Waals surface area contributed by atoms with Crippen LogP contribution in [0.25, 0.3) is 0 Å². The molecule has 0 aromatic heterocycles. The molecule has 0 radical (unpaired) electrons. The third-order valence-corrected chi connectivity index (χ3v) is 5.46. The van der Waals surface area contributed by atoms with E-state index in [0.717, 1.165) is 28.8 Å². The SMILES string of the molecule is C[C@@H](O)[C@H]1C(=O)N2C(C(=O)O)=C(COC(=O)c3ccc(O)c(O)c3)S[C@H]12. The van der Waals surface area contributed by atoms with Crippen LogP contribution in [0.4, 0.5) is 0 Å². The molecular weight excluding hydrogens is 366 g/mol. The Balaban J connectivity index is 1.75. The first-order chi connectivity index (χ1) is 12.2. The van der Waals surface area contributed by atoms with Gasteiger partial charge < -0.3 is 25.2 Å². The summed E-state index contributed by atoms with van der Waals surface area (Å²) in [5.74, 6) is -4.24. The number of carboxylic acid groups (broad SMARTS) is 1. The molecule has 1 saturated heterocycles. The molecule has 1 amide bonds. The number of phenols is 2. The van der Waals surface area contributed by atoms with Crippen molar-refractivity contribution < 1.29 is 39.5 Å². The summed E-state index contributed by atoms with van der Waals surface area (Å²) in [5.41, 5.74) is -0.287. The summed E-state index contributed by atoms with van der Waals surface area (Å²) in [4.78, 5) is 36.9. The summed E-state index contributed by atoms with van der Waals surface area (Å²) in [6.07, 6.45) is -0.923. The molecule has 0 spiro atoms. The Morgan fingerprint density at radius 1 is 1.31 bits per heavy atom. The second-order valence-corrected chi connectivity index (χ2v) is 7.05. The number of hydrogen-bond acceptors (Lipinski definition) is 8. The second-order valence-electron chi connectivity index (χ2n) is 5.84. The molecule has 138 valence electrons. The molecule has 2 aliphatic heterocycles. The van der Waals surface area contributed by atoms with Gasteiger partial charge in [0, 0.05) is 0 Å². The summed E-state index contributed by atoms with van der Waals surface area (Å²) >= 11 is 1.06. The molecule has 4 N–H and O–H groups in total. The molecule has 9 nitrogen and oxygen atoms in total. The van der Waals surface area contributed by atoms with Crippen molar-refractivity contribution >= 4 is 29.6 Å². The number of rotatable bonds is 5. The number of aliphatic hydroxyl groups is 1. The highest BCUT2D eigenvalue weighted by atomic mass is 32.2. The van der Waals surface area contributed by atoms with Crippen molar-refractivity contribution in [1.29, 1.82) is 0 Å². The maximum Gasteiger partial charge on any atom is 0.353 e. The predicted octanol–water partition coefficient (Wildman–Crippen LogP) is 0.463. The average Bonchev–Trinajstić information content (AvgIpc) is 2.89. The van der Waals surface area contributed by atoms with Crippen LogP contribution in [0.3, 0.4) is 0 Å². The van der Waals surface area contributed by atoms with Gasteiger partial charge in [0.1, 0.15) is 17.7 Å². The van der Waals surface area contributed by atoms with Crippen molar-refractivity contribution in [1.82, 2.24) is 4.90 Å². The summed E-state index contributed by atoms with van der Waals surface area (Å²) in [6.45, 7) is 1.08. The number of nitrogens with zero attached hydrogens (tertiary/aromatic N) is 1. The number of aliphatic hydroxyl groups excluding tert-OH is 1. The van der Waals surface area contributed by atoms with Crippen LogP contribution in [0.5, 0.6) is 11.5 Å². The highest BCUT2D eigenvalue weighted by Crippen LogP contribution is 2.50. The number of phenolic OH excluding ortho intramolecular Hbond substituents is 2. The van der Waals surface area contributed by atoms with E-state index in [1.54, 1.807) is 0 Å². The number of hydrogen-bond donors (Lipinski definition) is 4. The number of ether oxygens (including phenoxy) is 1. The smallest absolute Gasteiger partial charge is 0.353 e. The lowest BCUT2D eigenvalue weighted by atomic mass is 9.92. The second kappa shape index (κ2) is 6.54. The van der Waals surface area contributed by atoms with E-state index in [0.29, 0.717) is 0 Å². The molecule has 1 aromatic rings. The van der Waals surface area contributed by atoms with E-state index in [1.807, 2.05) is 0 Å². The molecule has 0 aliphatic carbocycles. The van der Waals surface area contributed by atoms with Gasteiger partial charge in [0.15, 0.2) is 11.5 Å². The molecule has 0 unspecified atom stereocenters. The van der Waals surface area contributed by atoms with Gasteiger partial charge in [0.2, 0.25) is 5.91 Å². The van der Waals surface area contributed by atoms with Crippen LogP contribution in [0.2, 0.25) is 0 Å². The number of esters is 1.